The maximum Gasteiger partial charge on any atom is 1.00 e. The Balaban J connectivity index is 0.000000220. The third kappa shape index (κ3) is 8.96. The van der Waals surface area contributed by atoms with Gasteiger partial charge >= 0.3 is 63.7 Å². The fourth-order valence-corrected chi connectivity index (χ4v) is 17.9. The molecule has 344 valence electrons. The Bertz CT molecular complexity index is 1380. The van der Waals surface area contributed by atoms with Crippen LogP contribution in [0.2, 0.25) is 0 Å². The summed E-state index contributed by atoms with van der Waals surface area (Å²) in [4.78, 5) is 0. The van der Waals surface area contributed by atoms with Gasteiger partial charge in [0.25, 0.3) is 0 Å². The van der Waals surface area contributed by atoms with Gasteiger partial charge in [-0.25, -0.2) is 0 Å². The van der Waals surface area contributed by atoms with Crippen LogP contribution in [0.5, 0.6) is 0 Å². The second kappa shape index (κ2) is 17.6. The number of hydrogen-bond donors (Lipinski definition) is 3. The summed E-state index contributed by atoms with van der Waals surface area (Å²) in [5.41, 5.74) is 0.486. The first kappa shape index (κ1) is 52.0. The first-order chi connectivity index (χ1) is 26.6. The molecule has 4 nitrogen and oxygen atoms in total. The summed E-state index contributed by atoms with van der Waals surface area (Å²) in [5, 5.41) is 30.5. The number of rotatable bonds is 4. The zero-order valence-electron chi connectivity index (χ0n) is 38.9. The van der Waals surface area contributed by atoms with Gasteiger partial charge in [0.2, 0.25) is 0 Å². The number of alkyl halides is 6. The van der Waals surface area contributed by atoms with Gasteiger partial charge in [0.1, 0.15) is 0 Å². The smallest absolute Gasteiger partial charge is 0.870 e. The first-order valence-corrected chi connectivity index (χ1v) is 23.8. The SMILES string of the molecule is C[C@@H]([C@H]1CC[C@H]2[C@@H]3CC[C@@H]4CC(C)(C)CC[C@]4(C)[C@H]3CC[C@]12C)[C@H](O)C(F)(F)F.C[C@@H]([C@H]1CC[C@H]2[C@@H]3CC[C@@H]4C[C@@](C)(O)CC[C@]4(C)[C@H]3CC[C@]12C)[C@H](O)C(F)(F)F.[K+].[OH-]. The monoisotopic (exact) mass is 887 g/mol. The average Bonchev–Trinajstić information content (AvgIpc) is 3.67. The van der Waals surface area contributed by atoms with E-state index in [1.165, 1.54) is 38.5 Å². The summed E-state index contributed by atoms with van der Waals surface area (Å²) in [7, 11) is 0. The molecule has 60 heavy (non-hydrogen) atoms. The van der Waals surface area contributed by atoms with E-state index in [1.807, 2.05) is 6.92 Å². The van der Waals surface area contributed by atoms with Gasteiger partial charge in [-0.15, -0.1) is 0 Å². The van der Waals surface area contributed by atoms with E-state index in [9.17, 15) is 41.7 Å². The van der Waals surface area contributed by atoms with Crippen LogP contribution in [0.25, 0.3) is 0 Å². The standard InChI is InChI=1S/C25H41F3O.C24H39F3O2.K.H2O/c1-15(21(29)25(26,27)28)18-8-9-19-17-7-6-16-14-22(2,3)12-13-23(16,4)20(17)10-11-24(18,19)5;1-14(20(28)24(25,26)27)17-7-8-18-16-6-5-15-13-21(2,29)11-12-22(15,3)19(16)9-10-23(17,18)4;;/h15-21,29H,6-14H2,1-5H3;14-20,28-29H,5-13H2,1-4H3;;1H2/q;;+1;/p-1/t15-,16+,17-,18+,19-,20-,21-,23-,24+;14-,15+,16-,17+,18-,19-,20-,21-,22-,23+;;/m00../s1. The van der Waals surface area contributed by atoms with E-state index in [0.29, 0.717) is 46.3 Å². The molecule has 11 heteroatoms. The molecule has 8 saturated carbocycles. The predicted molar refractivity (Wildman–Crippen MR) is 219 cm³/mol. The van der Waals surface area contributed by atoms with Gasteiger partial charge in [-0.3, -0.25) is 0 Å². The van der Waals surface area contributed by atoms with Gasteiger partial charge in [-0.2, -0.15) is 26.3 Å². The number of halogens is 6. The molecule has 0 amide bonds. The van der Waals surface area contributed by atoms with Crippen molar-refractivity contribution in [3.63, 3.8) is 0 Å². The molecule has 19 atom stereocenters. The molecule has 0 saturated heterocycles. The molecular weight excluding hydrogens is 806 g/mol. The minimum atomic E-state index is -4.53. The van der Waals surface area contributed by atoms with Crippen LogP contribution >= 0.6 is 0 Å². The van der Waals surface area contributed by atoms with Gasteiger partial charge in [-0.1, -0.05) is 55.4 Å². The second-order valence-corrected chi connectivity index (χ2v) is 24.5. The Morgan fingerprint density at radius 2 is 0.833 bits per heavy atom. The zero-order chi connectivity index (χ0) is 42.8. The molecule has 0 heterocycles. The van der Waals surface area contributed by atoms with E-state index in [2.05, 4.69) is 41.5 Å². The van der Waals surface area contributed by atoms with E-state index in [1.54, 1.807) is 13.8 Å². The van der Waals surface area contributed by atoms with Crippen molar-refractivity contribution in [1.82, 2.24) is 0 Å². The largest absolute Gasteiger partial charge is 1.00 e. The van der Waals surface area contributed by atoms with E-state index in [0.717, 1.165) is 88.9 Å². The van der Waals surface area contributed by atoms with Gasteiger partial charge < -0.3 is 20.8 Å². The van der Waals surface area contributed by atoms with Gasteiger partial charge in [0.05, 0.1) is 5.60 Å². The maximum atomic E-state index is 13.2. The summed E-state index contributed by atoms with van der Waals surface area (Å²) in [6.07, 6.45) is 6.27. The number of aliphatic hydroxyl groups is 3. The van der Waals surface area contributed by atoms with Crippen LogP contribution in [0, 0.1) is 98.1 Å². The normalized spacial score (nSPS) is 48.9. The molecule has 0 aromatic heterocycles. The summed E-state index contributed by atoms with van der Waals surface area (Å²) in [6.45, 7) is 19.6. The molecule has 0 radical (unpaired) electrons. The Morgan fingerprint density at radius 3 is 1.23 bits per heavy atom. The van der Waals surface area contributed by atoms with Crippen LogP contribution in [-0.4, -0.2) is 51.0 Å². The van der Waals surface area contributed by atoms with Crippen LogP contribution in [0.1, 0.15) is 178 Å². The van der Waals surface area contributed by atoms with Crippen molar-refractivity contribution in [3.8, 4) is 0 Å². The van der Waals surface area contributed by atoms with Crippen LogP contribution in [0.3, 0.4) is 0 Å². The molecule has 8 aliphatic rings. The molecule has 0 unspecified atom stereocenters. The molecule has 4 N–H and O–H groups in total. The summed E-state index contributed by atoms with van der Waals surface area (Å²) in [5.74, 6) is 3.56. The molecule has 8 fully saturated rings. The van der Waals surface area contributed by atoms with Crippen molar-refractivity contribution in [2.75, 3.05) is 0 Å². The van der Waals surface area contributed by atoms with E-state index in [-0.39, 0.29) is 84.9 Å². The fraction of sp³-hybridized carbons (Fsp3) is 1.00. The molecule has 0 aromatic carbocycles. The zero-order valence-corrected chi connectivity index (χ0v) is 42.0. The maximum absolute atomic E-state index is 13.2. The molecule has 0 aliphatic heterocycles. The van der Waals surface area contributed by atoms with Crippen LogP contribution in [0.4, 0.5) is 26.3 Å². The molecule has 0 spiro atoms. The Morgan fingerprint density at radius 1 is 0.467 bits per heavy atom. The van der Waals surface area contributed by atoms with Gasteiger partial charge in [0.15, 0.2) is 12.2 Å². The van der Waals surface area contributed by atoms with E-state index >= 15 is 0 Å². The summed E-state index contributed by atoms with van der Waals surface area (Å²) >= 11 is 0. The molecule has 8 rings (SSSR count). The van der Waals surface area contributed by atoms with Crippen LogP contribution in [0.15, 0.2) is 0 Å². The second-order valence-electron chi connectivity index (χ2n) is 24.5. The van der Waals surface area contributed by atoms with E-state index < -0.39 is 42.0 Å². The Kier molecular flexibility index (Phi) is 15.3. The minimum Gasteiger partial charge on any atom is -0.870 e. The molecule has 0 aromatic rings. The molecule has 0 bridgehead atoms. The van der Waals surface area contributed by atoms with Crippen molar-refractivity contribution in [2.24, 2.45) is 98.1 Å². The van der Waals surface area contributed by atoms with E-state index in [4.69, 9.17) is 0 Å². The Labute approximate surface area is 401 Å². The quantitative estimate of drug-likeness (QED) is 0.194. The van der Waals surface area contributed by atoms with Crippen molar-refractivity contribution in [1.29, 1.82) is 0 Å². The van der Waals surface area contributed by atoms with Crippen molar-refractivity contribution >= 4 is 0 Å². The average molecular weight is 887 g/mol. The first-order valence-electron chi connectivity index (χ1n) is 23.8. The minimum absolute atomic E-state index is 0. The predicted octanol–water partition coefficient (Wildman–Crippen LogP) is 10.0. The molecule has 8 aliphatic carbocycles. The van der Waals surface area contributed by atoms with Gasteiger partial charge in [-0.05, 0) is 221 Å². The van der Waals surface area contributed by atoms with Crippen molar-refractivity contribution in [2.45, 2.75) is 208 Å². The van der Waals surface area contributed by atoms with Crippen LogP contribution in [-0.2, 0) is 0 Å². The topological polar surface area (TPSA) is 90.7 Å². The van der Waals surface area contributed by atoms with Crippen molar-refractivity contribution in [3.05, 3.63) is 0 Å². The Hall–Kier alpha value is 1.06. The summed E-state index contributed by atoms with van der Waals surface area (Å²) < 4.78 is 79.3. The van der Waals surface area contributed by atoms with Gasteiger partial charge in [0, 0.05) is 0 Å². The molecular formula is C49H81F6KO4. The summed E-state index contributed by atoms with van der Waals surface area (Å²) in [6, 6.07) is 0. The fourth-order valence-electron chi connectivity index (χ4n) is 17.9. The number of aliphatic hydroxyl groups excluding tert-OH is 2. The number of fused-ring (bicyclic) bond motifs is 10. The van der Waals surface area contributed by atoms with Crippen molar-refractivity contribution < 1.29 is 98.5 Å². The number of hydrogen-bond acceptors (Lipinski definition) is 4. The third-order valence-electron chi connectivity index (χ3n) is 21.2. The third-order valence-corrected chi connectivity index (χ3v) is 21.2. The van der Waals surface area contributed by atoms with Crippen LogP contribution < -0.4 is 51.4 Å².